The van der Waals surface area contributed by atoms with Crippen LogP contribution in [-0.2, 0) is 11.3 Å². The van der Waals surface area contributed by atoms with Gasteiger partial charge in [-0.3, -0.25) is 9.48 Å². The lowest BCUT2D eigenvalue weighted by molar-refractivity contribution is -0.132. The van der Waals surface area contributed by atoms with E-state index < -0.39 is 5.82 Å². The average molecular weight is 438 g/mol. The van der Waals surface area contributed by atoms with E-state index in [-0.39, 0.29) is 24.1 Å². The van der Waals surface area contributed by atoms with Crippen LogP contribution in [0.2, 0.25) is 0 Å². The van der Waals surface area contributed by atoms with Gasteiger partial charge in [-0.25, -0.2) is 9.37 Å². The lowest BCUT2D eigenvalue weighted by Crippen LogP contribution is -2.50. The first-order chi connectivity index (χ1) is 15.5. The second-order valence-corrected chi connectivity index (χ2v) is 8.17. The SMILES string of the molecule is COc1cc(-c2cc(C(C)C)n(CC(=O)N3CCN(c4ccccn4)CC3)n2)ccc1F. The molecular weight excluding hydrogens is 409 g/mol. The highest BCUT2D eigenvalue weighted by molar-refractivity contribution is 5.76. The molecule has 0 unspecified atom stereocenters. The summed E-state index contributed by atoms with van der Waals surface area (Å²) in [6.45, 7) is 7.11. The molecule has 0 spiro atoms. The Bertz CT molecular complexity index is 1080. The number of halogens is 1. The highest BCUT2D eigenvalue weighted by atomic mass is 19.1. The number of amides is 1. The molecule has 1 fully saturated rings. The topological polar surface area (TPSA) is 63.5 Å². The zero-order valence-electron chi connectivity index (χ0n) is 18.7. The molecule has 3 aromatic rings. The summed E-state index contributed by atoms with van der Waals surface area (Å²) >= 11 is 0. The van der Waals surface area contributed by atoms with E-state index >= 15 is 0 Å². The zero-order chi connectivity index (χ0) is 22.7. The Hall–Kier alpha value is -3.42. The summed E-state index contributed by atoms with van der Waals surface area (Å²) in [4.78, 5) is 21.5. The normalized spacial score (nSPS) is 14.2. The smallest absolute Gasteiger partial charge is 0.244 e. The standard InChI is InChI=1S/C24H28FN5O2/c1-17(2)21-15-20(18-7-8-19(25)22(14-18)32-3)27-30(21)16-24(31)29-12-10-28(11-13-29)23-6-4-5-9-26-23/h4-9,14-15,17H,10-13,16H2,1-3H3. The third-order valence-electron chi connectivity index (χ3n) is 5.74. The van der Waals surface area contributed by atoms with Gasteiger partial charge in [0.05, 0.1) is 12.8 Å². The van der Waals surface area contributed by atoms with Crippen LogP contribution >= 0.6 is 0 Å². The number of nitrogens with zero attached hydrogens (tertiary/aromatic N) is 5. The third-order valence-corrected chi connectivity index (χ3v) is 5.74. The molecule has 1 aliphatic rings. The molecule has 1 amide bonds. The number of hydrogen-bond acceptors (Lipinski definition) is 5. The van der Waals surface area contributed by atoms with Gasteiger partial charge >= 0.3 is 0 Å². The van der Waals surface area contributed by atoms with Crippen LogP contribution in [0, 0.1) is 5.82 Å². The number of rotatable bonds is 6. The monoisotopic (exact) mass is 437 g/mol. The van der Waals surface area contributed by atoms with Crippen molar-refractivity contribution in [2.75, 3.05) is 38.2 Å². The number of anilines is 1. The molecule has 8 heteroatoms. The van der Waals surface area contributed by atoms with E-state index in [4.69, 9.17) is 4.74 Å². The number of pyridine rings is 1. The molecule has 4 rings (SSSR count). The number of ether oxygens (including phenoxy) is 1. The van der Waals surface area contributed by atoms with Gasteiger partial charge in [0.1, 0.15) is 12.4 Å². The van der Waals surface area contributed by atoms with Crippen molar-refractivity contribution in [2.45, 2.75) is 26.3 Å². The quantitative estimate of drug-likeness (QED) is 0.590. The van der Waals surface area contributed by atoms with E-state index in [1.165, 1.54) is 13.2 Å². The van der Waals surface area contributed by atoms with E-state index in [0.29, 0.717) is 18.8 Å². The van der Waals surface area contributed by atoms with Crippen LogP contribution in [-0.4, -0.2) is 58.9 Å². The Morgan fingerprint density at radius 2 is 1.91 bits per heavy atom. The van der Waals surface area contributed by atoms with Crippen LogP contribution in [0.5, 0.6) is 5.75 Å². The summed E-state index contributed by atoms with van der Waals surface area (Å²) in [6.07, 6.45) is 1.78. The molecule has 0 aliphatic carbocycles. The summed E-state index contributed by atoms with van der Waals surface area (Å²) in [5.74, 6) is 0.921. The van der Waals surface area contributed by atoms with Crippen molar-refractivity contribution >= 4 is 11.7 Å². The number of methoxy groups -OCH3 is 1. The van der Waals surface area contributed by atoms with Gasteiger partial charge in [0.25, 0.3) is 0 Å². The Labute approximate surface area is 187 Å². The first-order valence-corrected chi connectivity index (χ1v) is 10.8. The first kappa shape index (κ1) is 21.8. The van der Waals surface area contributed by atoms with E-state index in [9.17, 15) is 9.18 Å². The van der Waals surface area contributed by atoms with Crippen LogP contribution in [0.4, 0.5) is 10.2 Å². The molecule has 2 aromatic heterocycles. The molecule has 7 nitrogen and oxygen atoms in total. The fraction of sp³-hybridized carbons (Fsp3) is 0.375. The van der Waals surface area contributed by atoms with Gasteiger partial charge in [-0.05, 0) is 42.3 Å². The zero-order valence-corrected chi connectivity index (χ0v) is 18.7. The Morgan fingerprint density at radius 3 is 2.56 bits per heavy atom. The van der Waals surface area contributed by atoms with Crippen LogP contribution in [0.25, 0.3) is 11.3 Å². The molecule has 0 saturated carbocycles. The Morgan fingerprint density at radius 1 is 1.12 bits per heavy atom. The summed E-state index contributed by atoms with van der Waals surface area (Å²) in [7, 11) is 1.44. The predicted molar refractivity (Wildman–Crippen MR) is 121 cm³/mol. The lowest BCUT2D eigenvalue weighted by Gasteiger charge is -2.35. The second kappa shape index (κ2) is 9.38. The largest absolute Gasteiger partial charge is 0.494 e. The average Bonchev–Trinajstić information content (AvgIpc) is 3.24. The Kier molecular flexibility index (Phi) is 6.39. The van der Waals surface area contributed by atoms with Crippen molar-refractivity contribution < 1.29 is 13.9 Å². The van der Waals surface area contributed by atoms with Gasteiger partial charge in [-0.1, -0.05) is 19.9 Å². The molecule has 3 heterocycles. The molecule has 0 atom stereocenters. The van der Waals surface area contributed by atoms with E-state index in [2.05, 4.69) is 28.8 Å². The van der Waals surface area contributed by atoms with Crippen molar-refractivity contribution in [1.29, 1.82) is 0 Å². The summed E-state index contributed by atoms with van der Waals surface area (Å²) in [6, 6.07) is 12.5. The van der Waals surface area contributed by atoms with Crippen molar-refractivity contribution in [1.82, 2.24) is 19.7 Å². The minimum atomic E-state index is -0.417. The van der Waals surface area contributed by atoms with Gasteiger partial charge < -0.3 is 14.5 Å². The Balaban J connectivity index is 1.47. The summed E-state index contributed by atoms with van der Waals surface area (Å²) in [5, 5.41) is 4.67. The summed E-state index contributed by atoms with van der Waals surface area (Å²) in [5.41, 5.74) is 2.41. The fourth-order valence-corrected chi connectivity index (χ4v) is 3.94. The van der Waals surface area contributed by atoms with E-state index in [1.807, 2.05) is 29.2 Å². The minimum absolute atomic E-state index is 0.0407. The van der Waals surface area contributed by atoms with Gasteiger partial charge in [0.2, 0.25) is 5.91 Å². The van der Waals surface area contributed by atoms with Gasteiger partial charge in [0, 0.05) is 43.6 Å². The number of piperazine rings is 1. The van der Waals surface area contributed by atoms with Gasteiger partial charge in [-0.15, -0.1) is 0 Å². The molecule has 1 aliphatic heterocycles. The highest BCUT2D eigenvalue weighted by Gasteiger charge is 2.24. The minimum Gasteiger partial charge on any atom is -0.494 e. The van der Waals surface area contributed by atoms with E-state index in [0.717, 1.165) is 30.2 Å². The molecule has 0 radical (unpaired) electrons. The molecule has 0 bridgehead atoms. The number of carbonyl (C=O) groups is 1. The number of carbonyl (C=O) groups excluding carboxylic acids is 1. The molecule has 1 saturated heterocycles. The molecule has 1 aromatic carbocycles. The fourth-order valence-electron chi connectivity index (χ4n) is 3.94. The van der Waals surface area contributed by atoms with Crippen LogP contribution in [0.3, 0.4) is 0 Å². The maximum atomic E-state index is 13.8. The van der Waals surface area contributed by atoms with E-state index in [1.54, 1.807) is 23.0 Å². The molecule has 0 N–H and O–H groups in total. The summed E-state index contributed by atoms with van der Waals surface area (Å²) < 4.78 is 20.7. The maximum Gasteiger partial charge on any atom is 0.244 e. The number of hydrogen-bond donors (Lipinski definition) is 0. The van der Waals surface area contributed by atoms with Crippen LogP contribution in [0.15, 0.2) is 48.7 Å². The molecular formula is C24H28FN5O2. The lowest BCUT2D eigenvalue weighted by atomic mass is 10.1. The van der Waals surface area contributed by atoms with Gasteiger partial charge in [0.15, 0.2) is 11.6 Å². The first-order valence-electron chi connectivity index (χ1n) is 10.8. The predicted octanol–water partition coefficient (Wildman–Crippen LogP) is 3.57. The van der Waals surface area contributed by atoms with Crippen molar-refractivity contribution in [3.63, 3.8) is 0 Å². The number of benzene rings is 1. The van der Waals surface area contributed by atoms with Crippen LogP contribution in [0.1, 0.15) is 25.5 Å². The number of aromatic nitrogens is 3. The van der Waals surface area contributed by atoms with Crippen LogP contribution < -0.4 is 9.64 Å². The van der Waals surface area contributed by atoms with Crippen molar-refractivity contribution in [3.05, 3.63) is 60.2 Å². The highest BCUT2D eigenvalue weighted by Crippen LogP contribution is 2.28. The van der Waals surface area contributed by atoms with Gasteiger partial charge in [-0.2, -0.15) is 5.10 Å². The van der Waals surface area contributed by atoms with Crippen molar-refractivity contribution in [3.8, 4) is 17.0 Å². The molecule has 168 valence electrons. The maximum absolute atomic E-state index is 13.8. The second-order valence-electron chi connectivity index (χ2n) is 8.17. The van der Waals surface area contributed by atoms with Crippen molar-refractivity contribution in [2.24, 2.45) is 0 Å². The molecule has 32 heavy (non-hydrogen) atoms. The third kappa shape index (κ3) is 4.59.